The van der Waals surface area contributed by atoms with Crippen molar-refractivity contribution in [2.45, 2.75) is 12.8 Å². The van der Waals surface area contributed by atoms with Gasteiger partial charge >= 0.3 is 0 Å². The molecule has 1 aromatic heterocycles. The molecule has 0 aliphatic rings. The molecule has 1 heterocycles. The van der Waals surface area contributed by atoms with E-state index in [-0.39, 0.29) is 0 Å². The van der Waals surface area contributed by atoms with E-state index in [1.54, 1.807) is 7.11 Å². The highest BCUT2D eigenvalue weighted by atomic mass is 16.5. The lowest BCUT2D eigenvalue weighted by Gasteiger charge is -2.10. The second kappa shape index (κ2) is 7.45. The third kappa shape index (κ3) is 3.88. The van der Waals surface area contributed by atoms with Crippen LogP contribution in [0.1, 0.15) is 12.0 Å². The summed E-state index contributed by atoms with van der Waals surface area (Å²) in [6, 6.07) is 15.8. The number of benzene rings is 2. The van der Waals surface area contributed by atoms with Crippen LogP contribution in [-0.2, 0) is 6.42 Å². The van der Waals surface area contributed by atoms with Crippen LogP contribution >= 0.6 is 0 Å². The first-order chi connectivity index (χ1) is 11.4. The Morgan fingerprint density at radius 2 is 1.78 bits per heavy atom. The zero-order chi connectivity index (χ0) is 15.9. The molecule has 0 radical (unpaired) electrons. The topological polar surface area (TPSA) is 57.4 Å². The Labute approximate surface area is 134 Å². The van der Waals surface area contributed by atoms with Gasteiger partial charge in [-0.3, -0.25) is 0 Å². The van der Waals surface area contributed by atoms with Crippen LogP contribution in [-0.4, -0.2) is 23.9 Å². The van der Waals surface area contributed by atoms with Gasteiger partial charge in [-0.1, -0.05) is 24.3 Å². The number of nitrogens with zero attached hydrogens (tertiary/aromatic N) is 2. The van der Waals surface area contributed by atoms with E-state index in [1.165, 1.54) is 12.0 Å². The van der Waals surface area contributed by atoms with Gasteiger partial charge in [-0.25, -0.2) is 0 Å². The summed E-state index contributed by atoms with van der Waals surface area (Å²) in [5.41, 5.74) is 2.17. The number of ether oxygens (including phenoxy) is 2. The van der Waals surface area contributed by atoms with Crippen molar-refractivity contribution in [2.75, 3.05) is 13.7 Å². The summed E-state index contributed by atoms with van der Waals surface area (Å²) in [6.07, 6.45) is 3.20. The SMILES string of the molecule is COc1ccccc1OCCCc1ccc(-c2nnco2)cc1. The molecule has 0 spiro atoms. The van der Waals surface area contributed by atoms with Gasteiger partial charge in [0.25, 0.3) is 0 Å². The third-order valence-corrected chi connectivity index (χ3v) is 3.50. The number of hydrogen-bond acceptors (Lipinski definition) is 5. The minimum absolute atomic E-state index is 0.538. The van der Waals surface area contributed by atoms with Crippen molar-refractivity contribution in [1.29, 1.82) is 0 Å². The molecule has 3 aromatic rings. The summed E-state index contributed by atoms with van der Waals surface area (Å²) in [4.78, 5) is 0. The van der Waals surface area contributed by atoms with Crippen molar-refractivity contribution in [2.24, 2.45) is 0 Å². The highest BCUT2D eigenvalue weighted by Gasteiger charge is 2.04. The Bertz CT molecular complexity index is 724. The smallest absolute Gasteiger partial charge is 0.247 e. The minimum atomic E-state index is 0.538. The summed E-state index contributed by atoms with van der Waals surface area (Å²) in [7, 11) is 1.65. The molecule has 0 unspecified atom stereocenters. The van der Waals surface area contributed by atoms with Gasteiger partial charge in [0.2, 0.25) is 12.3 Å². The van der Waals surface area contributed by atoms with Crippen molar-refractivity contribution < 1.29 is 13.9 Å². The first kappa shape index (κ1) is 15.1. The number of aryl methyl sites for hydroxylation is 1. The molecule has 0 saturated heterocycles. The van der Waals surface area contributed by atoms with Crippen LogP contribution in [0.15, 0.2) is 59.3 Å². The number of methoxy groups -OCH3 is 1. The van der Waals surface area contributed by atoms with Gasteiger partial charge in [0, 0.05) is 5.56 Å². The zero-order valence-corrected chi connectivity index (χ0v) is 12.9. The molecule has 0 saturated carbocycles. The van der Waals surface area contributed by atoms with Gasteiger partial charge in [0.1, 0.15) is 0 Å². The van der Waals surface area contributed by atoms with E-state index < -0.39 is 0 Å². The quantitative estimate of drug-likeness (QED) is 0.622. The van der Waals surface area contributed by atoms with Crippen molar-refractivity contribution >= 4 is 0 Å². The minimum Gasteiger partial charge on any atom is -0.493 e. The normalized spacial score (nSPS) is 10.5. The molecule has 0 aliphatic heterocycles. The summed E-state index contributed by atoms with van der Waals surface area (Å²) in [5.74, 6) is 2.08. The van der Waals surface area contributed by atoms with Gasteiger partial charge in [0.15, 0.2) is 11.5 Å². The van der Waals surface area contributed by atoms with Crippen LogP contribution in [0.5, 0.6) is 11.5 Å². The lowest BCUT2D eigenvalue weighted by Crippen LogP contribution is -2.00. The molecule has 0 atom stereocenters. The lowest BCUT2D eigenvalue weighted by atomic mass is 10.1. The molecular formula is C18H18N2O3. The maximum absolute atomic E-state index is 5.77. The van der Waals surface area contributed by atoms with Crippen LogP contribution in [0, 0.1) is 0 Å². The van der Waals surface area contributed by atoms with Gasteiger partial charge < -0.3 is 13.9 Å². The summed E-state index contributed by atoms with van der Waals surface area (Å²) < 4.78 is 16.2. The predicted octanol–water partition coefficient (Wildman–Crippen LogP) is 3.76. The Morgan fingerprint density at radius 3 is 2.48 bits per heavy atom. The van der Waals surface area contributed by atoms with Gasteiger partial charge in [-0.15, -0.1) is 10.2 Å². The standard InChI is InChI=1S/C18H18N2O3/c1-21-16-6-2-3-7-17(16)22-12-4-5-14-8-10-15(11-9-14)18-20-19-13-23-18/h2-3,6-11,13H,4-5,12H2,1H3. The monoisotopic (exact) mass is 310 g/mol. The highest BCUT2D eigenvalue weighted by molar-refractivity contribution is 5.52. The van der Waals surface area contributed by atoms with Crippen LogP contribution < -0.4 is 9.47 Å². The summed E-state index contributed by atoms with van der Waals surface area (Å²) >= 11 is 0. The summed E-state index contributed by atoms with van der Waals surface area (Å²) in [6.45, 7) is 0.645. The molecule has 0 aliphatic carbocycles. The van der Waals surface area contributed by atoms with E-state index >= 15 is 0 Å². The van der Waals surface area contributed by atoms with Crippen molar-refractivity contribution in [3.05, 3.63) is 60.5 Å². The van der Waals surface area contributed by atoms with E-state index in [9.17, 15) is 0 Å². The van der Waals surface area contributed by atoms with Crippen LogP contribution in [0.3, 0.4) is 0 Å². The maximum Gasteiger partial charge on any atom is 0.247 e. The molecule has 0 bridgehead atoms. The fraction of sp³-hybridized carbons (Fsp3) is 0.222. The second-order valence-electron chi connectivity index (χ2n) is 5.04. The average Bonchev–Trinajstić information content (AvgIpc) is 3.14. The summed E-state index contributed by atoms with van der Waals surface area (Å²) in [5, 5.41) is 7.57. The largest absolute Gasteiger partial charge is 0.493 e. The zero-order valence-electron chi connectivity index (χ0n) is 12.9. The van der Waals surface area contributed by atoms with Gasteiger partial charge in [-0.05, 0) is 42.7 Å². The van der Waals surface area contributed by atoms with Gasteiger partial charge in [0.05, 0.1) is 13.7 Å². The fourth-order valence-electron chi connectivity index (χ4n) is 2.31. The fourth-order valence-corrected chi connectivity index (χ4v) is 2.31. The maximum atomic E-state index is 5.77. The third-order valence-electron chi connectivity index (χ3n) is 3.50. The first-order valence-corrected chi connectivity index (χ1v) is 7.48. The van der Waals surface area contributed by atoms with Crippen molar-refractivity contribution in [3.8, 4) is 23.0 Å². The molecule has 118 valence electrons. The molecule has 3 rings (SSSR count). The second-order valence-corrected chi connectivity index (χ2v) is 5.04. The number of aromatic nitrogens is 2. The van der Waals surface area contributed by atoms with Crippen molar-refractivity contribution in [1.82, 2.24) is 10.2 Å². The Kier molecular flexibility index (Phi) is 4.88. The molecule has 2 aromatic carbocycles. The average molecular weight is 310 g/mol. The van der Waals surface area contributed by atoms with Gasteiger partial charge in [-0.2, -0.15) is 0 Å². The van der Waals surface area contributed by atoms with E-state index in [4.69, 9.17) is 13.9 Å². The van der Waals surface area contributed by atoms with E-state index in [0.717, 1.165) is 29.9 Å². The van der Waals surface area contributed by atoms with Crippen LogP contribution in [0.2, 0.25) is 0 Å². The molecule has 23 heavy (non-hydrogen) atoms. The number of hydrogen-bond donors (Lipinski definition) is 0. The number of rotatable bonds is 7. The molecule has 0 N–H and O–H groups in total. The molecule has 5 heteroatoms. The predicted molar refractivity (Wildman–Crippen MR) is 86.5 cm³/mol. The van der Waals surface area contributed by atoms with E-state index in [2.05, 4.69) is 22.3 Å². The van der Waals surface area contributed by atoms with Crippen LogP contribution in [0.25, 0.3) is 11.5 Å². The molecule has 5 nitrogen and oxygen atoms in total. The van der Waals surface area contributed by atoms with E-state index in [0.29, 0.717) is 12.5 Å². The Morgan fingerprint density at radius 1 is 1.00 bits per heavy atom. The lowest BCUT2D eigenvalue weighted by molar-refractivity contribution is 0.289. The molecular weight excluding hydrogens is 292 g/mol. The number of para-hydroxylation sites is 2. The van der Waals surface area contributed by atoms with Crippen LogP contribution in [0.4, 0.5) is 0 Å². The molecule has 0 fully saturated rings. The van der Waals surface area contributed by atoms with E-state index in [1.807, 2.05) is 36.4 Å². The Balaban J connectivity index is 1.49. The first-order valence-electron chi connectivity index (χ1n) is 7.48. The highest BCUT2D eigenvalue weighted by Crippen LogP contribution is 2.26. The Hall–Kier alpha value is -2.82. The molecule has 0 amide bonds. The van der Waals surface area contributed by atoms with Crippen molar-refractivity contribution in [3.63, 3.8) is 0 Å².